The number of aryl methyl sites for hydroxylation is 1. The first-order chi connectivity index (χ1) is 15.4. The van der Waals surface area contributed by atoms with Crippen LogP contribution in [0.1, 0.15) is 16.1 Å². The van der Waals surface area contributed by atoms with Gasteiger partial charge in [0.2, 0.25) is 0 Å². The highest BCUT2D eigenvalue weighted by atomic mass is 16.5. The molecule has 11 heteroatoms. The number of carbonyl (C=O) groups excluding carboxylic acids is 1. The van der Waals surface area contributed by atoms with Crippen LogP contribution in [0.4, 0.5) is 23.0 Å². The fourth-order valence-electron chi connectivity index (χ4n) is 3.27. The molecule has 0 atom stereocenters. The number of benzene rings is 1. The number of methoxy groups -OCH3 is 1. The highest BCUT2D eigenvalue weighted by Crippen LogP contribution is 2.33. The Morgan fingerprint density at radius 2 is 1.94 bits per heavy atom. The summed E-state index contributed by atoms with van der Waals surface area (Å²) in [6.07, 6.45) is 0. The Labute approximate surface area is 181 Å². The molecule has 5 N–H and O–H groups in total. The number of pyridine rings is 2. The molecule has 0 aliphatic heterocycles. The summed E-state index contributed by atoms with van der Waals surface area (Å²) in [6.45, 7) is 0. The van der Waals surface area contributed by atoms with Gasteiger partial charge in [-0.2, -0.15) is 5.26 Å². The first kappa shape index (κ1) is 20.4. The molecule has 1 aromatic carbocycles. The van der Waals surface area contributed by atoms with Crippen LogP contribution in [0.5, 0.6) is 5.75 Å². The molecular formula is C21H18N8O3. The molecule has 11 nitrogen and oxygen atoms in total. The SMILES string of the molecule is COc1c(Nc2cc(Nc3cccc(C#N)n3)nc3[nH]n(C)c(=O)c23)cccc1C(N)=O. The molecular weight excluding hydrogens is 412 g/mol. The second-order valence-corrected chi connectivity index (χ2v) is 6.78. The average Bonchev–Trinajstić information content (AvgIpc) is 3.07. The molecule has 0 radical (unpaired) electrons. The zero-order valence-corrected chi connectivity index (χ0v) is 17.1. The van der Waals surface area contributed by atoms with E-state index in [1.165, 1.54) is 11.8 Å². The summed E-state index contributed by atoms with van der Waals surface area (Å²) in [5.41, 5.74) is 6.77. The number of anilines is 4. The third-order valence-electron chi connectivity index (χ3n) is 4.69. The summed E-state index contributed by atoms with van der Waals surface area (Å²) in [5, 5.41) is 18.5. The van der Waals surface area contributed by atoms with Gasteiger partial charge >= 0.3 is 0 Å². The van der Waals surface area contributed by atoms with Crippen molar-refractivity contribution in [1.82, 2.24) is 19.7 Å². The van der Waals surface area contributed by atoms with E-state index in [-0.39, 0.29) is 22.6 Å². The van der Waals surface area contributed by atoms with E-state index in [1.807, 2.05) is 6.07 Å². The lowest BCUT2D eigenvalue weighted by Gasteiger charge is -2.15. The molecule has 0 fully saturated rings. The lowest BCUT2D eigenvalue weighted by molar-refractivity contribution is 0.0997. The Morgan fingerprint density at radius 3 is 2.66 bits per heavy atom. The minimum absolute atomic E-state index is 0.195. The topological polar surface area (TPSA) is 164 Å². The zero-order chi connectivity index (χ0) is 22.8. The second-order valence-electron chi connectivity index (χ2n) is 6.78. The molecule has 4 rings (SSSR count). The van der Waals surface area contributed by atoms with E-state index in [0.717, 1.165) is 0 Å². The Balaban J connectivity index is 1.84. The van der Waals surface area contributed by atoms with Crippen LogP contribution in [-0.4, -0.2) is 32.8 Å². The van der Waals surface area contributed by atoms with Crippen molar-refractivity contribution in [3.8, 4) is 11.8 Å². The van der Waals surface area contributed by atoms with E-state index < -0.39 is 5.91 Å². The molecule has 3 heterocycles. The lowest BCUT2D eigenvalue weighted by atomic mass is 10.1. The number of amides is 1. The highest BCUT2D eigenvalue weighted by Gasteiger charge is 2.18. The Kier molecular flexibility index (Phi) is 5.18. The van der Waals surface area contributed by atoms with Crippen molar-refractivity contribution < 1.29 is 9.53 Å². The van der Waals surface area contributed by atoms with Gasteiger partial charge in [-0.1, -0.05) is 12.1 Å². The lowest BCUT2D eigenvalue weighted by Crippen LogP contribution is -2.14. The number of rotatable bonds is 6. The first-order valence-corrected chi connectivity index (χ1v) is 9.39. The number of carbonyl (C=O) groups is 1. The van der Waals surface area contributed by atoms with Gasteiger partial charge < -0.3 is 21.1 Å². The first-order valence-electron chi connectivity index (χ1n) is 9.39. The van der Waals surface area contributed by atoms with Crippen molar-refractivity contribution in [3.05, 3.63) is 64.1 Å². The molecule has 0 saturated heterocycles. The summed E-state index contributed by atoms with van der Waals surface area (Å²) in [7, 11) is 3.00. The van der Waals surface area contributed by atoms with Crippen molar-refractivity contribution in [1.29, 1.82) is 5.26 Å². The van der Waals surface area contributed by atoms with Gasteiger partial charge in [0.1, 0.15) is 28.8 Å². The number of aromatic nitrogens is 4. The normalized spacial score (nSPS) is 10.5. The molecule has 0 aliphatic rings. The average molecular weight is 430 g/mol. The number of fused-ring (bicyclic) bond motifs is 1. The third kappa shape index (κ3) is 3.68. The van der Waals surface area contributed by atoms with Gasteiger partial charge in [-0.3, -0.25) is 19.4 Å². The number of primary amides is 1. The molecule has 32 heavy (non-hydrogen) atoms. The number of para-hydroxylation sites is 1. The largest absolute Gasteiger partial charge is 0.494 e. The quantitative estimate of drug-likeness (QED) is 0.361. The molecule has 1 amide bonds. The van der Waals surface area contributed by atoms with Crippen LogP contribution < -0.4 is 26.7 Å². The van der Waals surface area contributed by atoms with E-state index in [0.29, 0.717) is 34.0 Å². The van der Waals surface area contributed by atoms with E-state index in [2.05, 4.69) is 25.7 Å². The predicted octanol–water partition coefficient (Wildman–Crippen LogP) is 2.12. The van der Waals surface area contributed by atoms with Crippen LogP contribution in [0, 0.1) is 11.3 Å². The minimum Gasteiger partial charge on any atom is -0.494 e. The van der Waals surface area contributed by atoms with E-state index in [4.69, 9.17) is 15.7 Å². The highest BCUT2D eigenvalue weighted by molar-refractivity contribution is 5.99. The van der Waals surface area contributed by atoms with Crippen molar-refractivity contribution in [2.24, 2.45) is 12.8 Å². The number of ether oxygens (including phenoxy) is 1. The van der Waals surface area contributed by atoms with Gasteiger partial charge in [0.05, 0.1) is 24.0 Å². The molecule has 3 aromatic heterocycles. The van der Waals surface area contributed by atoms with Crippen LogP contribution in [0.3, 0.4) is 0 Å². The molecule has 4 aromatic rings. The Morgan fingerprint density at radius 1 is 1.16 bits per heavy atom. The van der Waals surface area contributed by atoms with Crippen molar-refractivity contribution in [3.63, 3.8) is 0 Å². The number of nitriles is 1. The number of H-pyrrole nitrogens is 1. The fourth-order valence-corrected chi connectivity index (χ4v) is 3.27. The number of aromatic amines is 1. The molecule has 0 saturated carbocycles. The van der Waals surface area contributed by atoms with E-state index >= 15 is 0 Å². The summed E-state index contributed by atoms with van der Waals surface area (Å²) < 4.78 is 6.69. The number of nitrogens with one attached hydrogen (secondary N) is 3. The van der Waals surface area contributed by atoms with Crippen LogP contribution in [0.25, 0.3) is 11.0 Å². The van der Waals surface area contributed by atoms with Crippen LogP contribution in [0.15, 0.2) is 47.3 Å². The maximum Gasteiger partial charge on any atom is 0.277 e. The summed E-state index contributed by atoms with van der Waals surface area (Å²) >= 11 is 0. The maximum atomic E-state index is 12.7. The van der Waals surface area contributed by atoms with E-state index in [1.54, 1.807) is 49.5 Å². The van der Waals surface area contributed by atoms with Crippen LogP contribution in [-0.2, 0) is 7.05 Å². The standard InChI is InChI=1S/C21H18N8O3/c1-29-21(31)17-14(25-13-7-4-6-12(19(23)30)18(13)32-2)9-16(27-20(17)28-29)26-15-8-3-5-11(10-22)24-15/h3-9H,1-2H3,(H2,23,30)(H3,24,25,26,27,28). The smallest absolute Gasteiger partial charge is 0.277 e. The molecule has 0 unspecified atom stereocenters. The second kappa shape index (κ2) is 8.11. The maximum absolute atomic E-state index is 12.7. The predicted molar refractivity (Wildman–Crippen MR) is 118 cm³/mol. The van der Waals surface area contributed by atoms with Crippen LogP contribution >= 0.6 is 0 Å². The van der Waals surface area contributed by atoms with Gasteiger partial charge in [0.25, 0.3) is 11.5 Å². The molecule has 0 aliphatic carbocycles. The number of hydrogen-bond donors (Lipinski definition) is 4. The summed E-state index contributed by atoms with van der Waals surface area (Å²) in [4.78, 5) is 33.1. The van der Waals surface area contributed by atoms with Gasteiger partial charge in [-0.15, -0.1) is 0 Å². The van der Waals surface area contributed by atoms with Gasteiger partial charge in [0, 0.05) is 13.1 Å². The zero-order valence-electron chi connectivity index (χ0n) is 17.1. The Bertz CT molecular complexity index is 1450. The summed E-state index contributed by atoms with van der Waals surface area (Å²) in [5.74, 6) is 0.381. The number of nitrogens with two attached hydrogens (primary N) is 1. The summed E-state index contributed by atoms with van der Waals surface area (Å²) in [6, 6.07) is 13.4. The van der Waals surface area contributed by atoms with Gasteiger partial charge in [0.15, 0.2) is 11.4 Å². The van der Waals surface area contributed by atoms with E-state index in [9.17, 15) is 9.59 Å². The number of hydrogen-bond acceptors (Lipinski definition) is 8. The van der Waals surface area contributed by atoms with Gasteiger partial charge in [-0.05, 0) is 24.3 Å². The molecule has 0 spiro atoms. The van der Waals surface area contributed by atoms with Crippen LogP contribution in [0.2, 0.25) is 0 Å². The molecule has 160 valence electrons. The number of nitrogens with zero attached hydrogens (tertiary/aromatic N) is 4. The molecule has 0 bridgehead atoms. The monoisotopic (exact) mass is 430 g/mol. The Hall–Kier alpha value is -4.85. The third-order valence-corrected chi connectivity index (χ3v) is 4.69. The fraction of sp³-hybridized carbons (Fsp3) is 0.0952. The minimum atomic E-state index is -0.645. The van der Waals surface area contributed by atoms with Crippen molar-refractivity contribution in [2.75, 3.05) is 17.7 Å². The van der Waals surface area contributed by atoms with Crippen molar-refractivity contribution >= 4 is 40.0 Å². The van der Waals surface area contributed by atoms with Gasteiger partial charge in [-0.25, -0.2) is 9.97 Å². The van der Waals surface area contributed by atoms with Crippen molar-refractivity contribution in [2.45, 2.75) is 0 Å².